The highest BCUT2D eigenvalue weighted by Gasteiger charge is 2.20. The van der Waals surface area contributed by atoms with Gasteiger partial charge in [-0.15, -0.1) is 4.91 Å². The summed E-state index contributed by atoms with van der Waals surface area (Å²) in [6.45, 7) is 10.0. The van der Waals surface area contributed by atoms with Crippen LogP contribution in [0, 0.1) is 4.91 Å². The Morgan fingerprint density at radius 1 is 1.39 bits per heavy atom. The van der Waals surface area contributed by atoms with Gasteiger partial charge in [0.25, 0.3) is 0 Å². The Hall–Kier alpha value is -1.59. The van der Waals surface area contributed by atoms with E-state index in [1.807, 2.05) is 18.3 Å². The molecule has 0 fully saturated rings. The number of aliphatic imine (C=N–C) groups is 1. The monoisotopic (exact) mass is 316 g/mol. The van der Waals surface area contributed by atoms with Crippen molar-refractivity contribution in [1.82, 2.24) is 10.2 Å². The first kappa shape index (κ1) is 17.8. The normalized spacial score (nSPS) is 18.0. The van der Waals surface area contributed by atoms with E-state index in [1.165, 1.54) is 6.42 Å². The van der Waals surface area contributed by atoms with Crippen LogP contribution in [0.4, 0.5) is 11.4 Å². The number of nitrogens with one attached hydrogen (secondary N) is 1. The minimum Gasteiger partial charge on any atom is -0.307 e. The second-order valence-electron chi connectivity index (χ2n) is 6.17. The fourth-order valence-corrected chi connectivity index (χ4v) is 3.12. The van der Waals surface area contributed by atoms with Gasteiger partial charge in [0, 0.05) is 24.7 Å². The molecule has 1 aromatic carbocycles. The predicted molar refractivity (Wildman–Crippen MR) is 97.0 cm³/mol. The van der Waals surface area contributed by atoms with E-state index in [2.05, 4.69) is 41.2 Å². The van der Waals surface area contributed by atoms with Crippen molar-refractivity contribution in [2.24, 2.45) is 10.2 Å². The van der Waals surface area contributed by atoms with Gasteiger partial charge >= 0.3 is 0 Å². The van der Waals surface area contributed by atoms with Crippen LogP contribution in [0.3, 0.4) is 0 Å². The van der Waals surface area contributed by atoms with Gasteiger partial charge in [-0.1, -0.05) is 13.8 Å². The standard InChI is InChI=1S/C18H28N4O/c1-4-22(5-2)12-6-7-14(3)20-18-10-11-19-17-9-8-15(21-23)13-16(17)18/h8-9,11,13-14,18,20H,4-7,10,12H2,1-3H3. The van der Waals surface area contributed by atoms with Crippen molar-refractivity contribution in [3.05, 3.63) is 28.7 Å². The lowest BCUT2D eigenvalue weighted by Gasteiger charge is -2.27. The second kappa shape index (κ2) is 8.89. The van der Waals surface area contributed by atoms with E-state index >= 15 is 0 Å². The zero-order valence-electron chi connectivity index (χ0n) is 14.5. The van der Waals surface area contributed by atoms with E-state index in [9.17, 15) is 4.91 Å². The molecule has 0 saturated heterocycles. The smallest absolute Gasteiger partial charge is 0.108 e. The molecule has 1 aromatic rings. The quantitative estimate of drug-likeness (QED) is 0.690. The van der Waals surface area contributed by atoms with Crippen molar-refractivity contribution >= 4 is 17.6 Å². The summed E-state index contributed by atoms with van der Waals surface area (Å²) in [5.41, 5.74) is 2.50. The minimum atomic E-state index is 0.215. The first-order valence-electron chi connectivity index (χ1n) is 8.66. The summed E-state index contributed by atoms with van der Waals surface area (Å²) in [7, 11) is 0. The zero-order chi connectivity index (χ0) is 16.7. The Morgan fingerprint density at radius 3 is 2.87 bits per heavy atom. The highest BCUT2D eigenvalue weighted by atomic mass is 16.3. The van der Waals surface area contributed by atoms with Crippen LogP contribution in [0.2, 0.25) is 0 Å². The highest BCUT2D eigenvalue weighted by molar-refractivity contribution is 5.71. The molecule has 2 unspecified atom stereocenters. The number of rotatable bonds is 9. The molecule has 0 aromatic heterocycles. The van der Waals surface area contributed by atoms with Crippen molar-refractivity contribution in [3.63, 3.8) is 0 Å². The lowest BCUT2D eigenvalue weighted by atomic mass is 9.97. The predicted octanol–water partition coefficient (Wildman–Crippen LogP) is 4.33. The fraction of sp³-hybridized carbons (Fsp3) is 0.611. The van der Waals surface area contributed by atoms with Gasteiger partial charge in [-0.3, -0.25) is 4.99 Å². The van der Waals surface area contributed by atoms with Gasteiger partial charge in [0.1, 0.15) is 5.69 Å². The van der Waals surface area contributed by atoms with Crippen molar-refractivity contribution in [1.29, 1.82) is 0 Å². The maximum atomic E-state index is 10.8. The van der Waals surface area contributed by atoms with E-state index in [4.69, 9.17) is 0 Å². The van der Waals surface area contributed by atoms with Gasteiger partial charge in [0.15, 0.2) is 0 Å². The van der Waals surface area contributed by atoms with Gasteiger partial charge in [-0.05, 0) is 68.3 Å². The van der Waals surface area contributed by atoms with E-state index in [0.717, 1.165) is 43.7 Å². The molecule has 2 atom stereocenters. The van der Waals surface area contributed by atoms with Crippen LogP contribution in [0.5, 0.6) is 0 Å². The maximum absolute atomic E-state index is 10.8. The molecule has 1 N–H and O–H groups in total. The molecule has 0 spiro atoms. The molecule has 1 aliphatic rings. The van der Waals surface area contributed by atoms with Crippen LogP contribution in [0.25, 0.3) is 0 Å². The number of fused-ring (bicyclic) bond motifs is 1. The molecule has 5 heteroatoms. The summed E-state index contributed by atoms with van der Waals surface area (Å²) in [6, 6.07) is 6.11. The van der Waals surface area contributed by atoms with Gasteiger partial charge in [-0.25, -0.2) is 0 Å². The van der Waals surface area contributed by atoms with Gasteiger partial charge in [0.05, 0.1) is 5.69 Å². The van der Waals surface area contributed by atoms with Crippen molar-refractivity contribution in [3.8, 4) is 0 Å². The summed E-state index contributed by atoms with van der Waals surface area (Å²) in [4.78, 5) is 17.6. The van der Waals surface area contributed by atoms with E-state index in [1.54, 1.807) is 6.07 Å². The number of hydrogen-bond acceptors (Lipinski definition) is 5. The summed E-state index contributed by atoms with van der Waals surface area (Å²) in [5.74, 6) is 0. The van der Waals surface area contributed by atoms with Crippen LogP contribution in [0.1, 0.15) is 51.6 Å². The Balaban J connectivity index is 1.91. The number of hydrogen-bond donors (Lipinski definition) is 1. The van der Waals surface area contributed by atoms with Crippen molar-refractivity contribution in [2.75, 3.05) is 19.6 Å². The lowest BCUT2D eigenvalue weighted by molar-refractivity contribution is 0.288. The summed E-state index contributed by atoms with van der Waals surface area (Å²) in [5, 5.41) is 6.73. The van der Waals surface area contributed by atoms with E-state index in [0.29, 0.717) is 11.7 Å². The highest BCUT2D eigenvalue weighted by Crippen LogP contribution is 2.34. The lowest BCUT2D eigenvalue weighted by Crippen LogP contribution is -2.33. The third-order valence-corrected chi connectivity index (χ3v) is 4.56. The molecule has 1 aliphatic heterocycles. The third-order valence-electron chi connectivity index (χ3n) is 4.56. The SMILES string of the molecule is CCN(CC)CCCC(C)NC1CC=Nc2ccc(N=O)cc21. The molecule has 0 bridgehead atoms. The van der Waals surface area contributed by atoms with Gasteiger partial charge in [-0.2, -0.15) is 0 Å². The van der Waals surface area contributed by atoms with Gasteiger partial charge < -0.3 is 10.2 Å². The van der Waals surface area contributed by atoms with Gasteiger partial charge in [0.2, 0.25) is 0 Å². The first-order chi connectivity index (χ1) is 11.2. The van der Waals surface area contributed by atoms with Crippen LogP contribution < -0.4 is 5.32 Å². The maximum Gasteiger partial charge on any atom is 0.108 e. The summed E-state index contributed by atoms with van der Waals surface area (Å²) >= 11 is 0. The van der Waals surface area contributed by atoms with Crippen molar-refractivity contribution in [2.45, 2.75) is 52.1 Å². The Morgan fingerprint density at radius 2 is 2.17 bits per heavy atom. The summed E-state index contributed by atoms with van der Waals surface area (Å²) in [6.07, 6.45) is 5.15. The summed E-state index contributed by atoms with van der Waals surface area (Å²) < 4.78 is 0. The van der Waals surface area contributed by atoms with E-state index in [-0.39, 0.29) is 6.04 Å². The molecule has 1 heterocycles. The molecule has 2 rings (SSSR count). The number of nitroso groups, excluding NO2 is 1. The van der Waals surface area contributed by atoms with Crippen LogP contribution in [-0.4, -0.2) is 36.8 Å². The average Bonchev–Trinajstić information content (AvgIpc) is 2.58. The zero-order valence-corrected chi connectivity index (χ0v) is 14.5. The molecule has 0 saturated carbocycles. The molecule has 23 heavy (non-hydrogen) atoms. The molecular weight excluding hydrogens is 288 g/mol. The van der Waals surface area contributed by atoms with Crippen molar-refractivity contribution < 1.29 is 0 Å². The third kappa shape index (κ3) is 4.94. The second-order valence-corrected chi connectivity index (χ2v) is 6.17. The topological polar surface area (TPSA) is 57.1 Å². The molecule has 0 amide bonds. The Bertz CT molecular complexity index is 540. The number of benzene rings is 1. The minimum absolute atomic E-state index is 0.215. The molecular formula is C18H28N4O. The Kier molecular flexibility index (Phi) is 6.86. The van der Waals surface area contributed by atoms with Crippen LogP contribution >= 0.6 is 0 Å². The largest absolute Gasteiger partial charge is 0.307 e. The Labute approximate surface area is 139 Å². The average molecular weight is 316 g/mol. The first-order valence-corrected chi connectivity index (χ1v) is 8.66. The molecule has 5 nitrogen and oxygen atoms in total. The number of nitrogens with zero attached hydrogens (tertiary/aromatic N) is 3. The van der Waals surface area contributed by atoms with Crippen LogP contribution in [-0.2, 0) is 0 Å². The molecule has 0 aliphatic carbocycles. The molecule has 126 valence electrons. The fourth-order valence-electron chi connectivity index (χ4n) is 3.12. The molecule has 0 radical (unpaired) electrons. The van der Waals surface area contributed by atoms with E-state index < -0.39 is 0 Å². The van der Waals surface area contributed by atoms with Crippen LogP contribution in [0.15, 0.2) is 28.4 Å².